The lowest BCUT2D eigenvalue weighted by Gasteiger charge is -2.19. The number of methoxy groups -OCH3 is 1. The lowest BCUT2D eigenvalue weighted by molar-refractivity contribution is -0.137. The van der Waals surface area contributed by atoms with E-state index in [1.807, 2.05) is 40.3 Å². The van der Waals surface area contributed by atoms with Crippen LogP contribution in [-0.2, 0) is 23.9 Å². The maximum Gasteiger partial charge on any atom is 0.416 e. The predicted octanol–water partition coefficient (Wildman–Crippen LogP) is 5.73. The first-order valence-corrected chi connectivity index (χ1v) is 10.7. The molecule has 7 heteroatoms. The van der Waals surface area contributed by atoms with Crippen molar-refractivity contribution in [2.75, 3.05) is 13.7 Å². The van der Waals surface area contributed by atoms with Crippen molar-refractivity contribution in [1.82, 2.24) is 9.13 Å². The minimum atomic E-state index is -4.37. The van der Waals surface area contributed by atoms with Crippen LogP contribution in [0.25, 0.3) is 11.0 Å². The number of hydrogen-bond acceptors (Lipinski definition) is 2. The van der Waals surface area contributed by atoms with Crippen LogP contribution in [0.4, 0.5) is 13.2 Å². The molecule has 1 N–H and O–H groups in total. The summed E-state index contributed by atoms with van der Waals surface area (Å²) in [7, 11) is 1.65. The van der Waals surface area contributed by atoms with Gasteiger partial charge in [0.15, 0.2) is 0 Å². The highest BCUT2D eigenvalue weighted by molar-refractivity contribution is 5.76. The number of fused-ring (bicyclic) bond motifs is 1. The second kappa shape index (κ2) is 9.27. The molecule has 172 valence electrons. The first-order valence-electron chi connectivity index (χ1n) is 10.7. The molecule has 0 bridgehead atoms. The molecular formula is C26H26F3N3O. The summed E-state index contributed by atoms with van der Waals surface area (Å²) < 4.78 is 48.1. The quantitative estimate of drug-likeness (QED) is 0.382. The van der Waals surface area contributed by atoms with E-state index in [-0.39, 0.29) is 11.7 Å². The summed E-state index contributed by atoms with van der Waals surface area (Å²) in [5.74, 6) is 0. The van der Waals surface area contributed by atoms with E-state index in [4.69, 9.17) is 10.1 Å². The van der Waals surface area contributed by atoms with Crippen molar-refractivity contribution < 1.29 is 17.9 Å². The van der Waals surface area contributed by atoms with Crippen LogP contribution in [0.2, 0.25) is 0 Å². The van der Waals surface area contributed by atoms with Gasteiger partial charge in [-0.1, -0.05) is 54.1 Å². The van der Waals surface area contributed by atoms with Gasteiger partial charge in [0, 0.05) is 7.11 Å². The number of benzene rings is 3. The van der Waals surface area contributed by atoms with Crippen LogP contribution in [0.3, 0.4) is 0 Å². The largest absolute Gasteiger partial charge is 0.416 e. The van der Waals surface area contributed by atoms with E-state index in [1.165, 1.54) is 17.7 Å². The summed E-state index contributed by atoms with van der Waals surface area (Å²) in [6.07, 6.45) is -3.68. The molecule has 0 aliphatic rings. The SMILES string of the molecule is COCC(Cc1ccc(C)cc1)n1c(=N)n(Cc2ccc(C(F)(F)F)cc2)c2ccccc21. The van der Waals surface area contributed by atoms with Gasteiger partial charge in [0.2, 0.25) is 5.62 Å². The second-order valence-electron chi connectivity index (χ2n) is 8.26. The fourth-order valence-corrected chi connectivity index (χ4v) is 4.18. The van der Waals surface area contributed by atoms with Crippen molar-refractivity contribution in [3.63, 3.8) is 0 Å². The topological polar surface area (TPSA) is 42.9 Å². The monoisotopic (exact) mass is 453 g/mol. The Kier molecular flexibility index (Phi) is 6.42. The normalized spacial score (nSPS) is 12.9. The van der Waals surface area contributed by atoms with Gasteiger partial charge < -0.3 is 13.9 Å². The maximum absolute atomic E-state index is 12.9. The van der Waals surface area contributed by atoms with Crippen molar-refractivity contribution in [2.45, 2.75) is 32.1 Å². The summed E-state index contributed by atoms with van der Waals surface area (Å²) in [6, 6.07) is 21.1. The Morgan fingerprint density at radius 2 is 1.48 bits per heavy atom. The third-order valence-electron chi connectivity index (χ3n) is 5.85. The number of aryl methyl sites for hydroxylation is 1. The Bertz CT molecular complexity index is 1290. The molecule has 1 heterocycles. The Morgan fingerprint density at radius 1 is 0.879 bits per heavy atom. The van der Waals surface area contributed by atoms with Gasteiger partial charge in [-0.25, -0.2) is 0 Å². The zero-order valence-corrected chi connectivity index (χ0v) is 18.6. The van der Waals surface area contributed by atoms with E-state index in [0.29, 0.717) is 25.1 Å². The second-order valence-corrected chi connectivity index (χ2v) is 8.26. The van der Waals surface area contributed by atoms with Gasteiger partial charge in [0.1, 0.15) is 0 Å². The molecule has 0 amide bonds. The third-order valence-corrected chi connectivity index (χ3v) is 5.85. The van der Waals surface area contributed by atoms with Gasteiger partial charge in [-0.3, -0.25) is 5.41 Å². The molecule has 0 fully saturated rings. The van der Waals surface area contributed by atoms with Crippen LogP contribution in [0, 0.1) is 12.3 Å². The summed E-state index contributed by atoms with van der Waals surface area (Å²) in [4.78, 5) is 0. The van der Waals surface area contributed by atoms with E-state index in [9.17, 15) is 13.2 Å². The van der Waals surface area contributed by atoms with Crippen LogP contribution in [-0.4, -0.2) is 22.9 Å². The van der Waals surface area contributed by atoms with Gasteiger partial charge in [-0.05, 0) is 48.7 Å². The van der Waals surface area contributed by atoms with E-state index >= 15 is 0 Å². The Morgan fingerprint density at radius 3 is 2.09 bits per heavy atom. The summed E-state index contributed by atoms with van der Waals surface area (Å²) in [5, 5.41) is 8.96. The highest BCUT2D eigenvalue weighted by Crippen LogP contribution is 2.29. The van der Waals surface area contributed by atoms with Gasteiger partial charge in [0.05, 0.1) is 35.8 Å². The van der Waals surface area contributed by atoms with Crippen molar-refractivity contribution in [1.29, 1.82) is 5.41 Å². The first kappa shape index (κ1) is 22.9. The van der Waals surface area contributed by atoms with Crippen molar-refractivity contribution in [3.8, 4) is 0 Å². The molecule has 1 aromatic heterocycles. The molecule has 0 aliphatic heterocycles. The van der Waals surface area contributed by atoms with E-state index in [1.54, 1.807) is 7.11 Å². The minimum absolute atomic E-state index is 0.107. The minimum Gasteiger partial charge on any atom is -0.383 e. The molecule has 3 aromatic carbocycles. The van der Waals surface area contributed by atoms with E-state index in [2.05, 4.69) is 24.3 Å². The first-order chi connectivity index (χ1) is 15.8. The predicted molar refractivity (Wildman–Crippen MR) is 122 cm³/mol. The average Bonchev–Trinajstić information content (AvgIpc) is 3.06. The molecule has 0 saturated heterocycles. The lowest BCUT2D eigenvalue weighted by Crippen LogP contribution is -2.31. The van der Waals surface area contributed by atoms with Gasteiger partial charge in [0.25, 0.3) is 0 Å². The molecule has 0 radical (unpaired) electrons. The number of rotatable bonds is 7. The maximum atomic E-state index is 12.9. The number of halogens is 3. The molecule has 1 atom stereocenters. The van der Waals surface area contributed by atoms with E-state index in [0.717, 1.165) is 28.7 Å². The molecule has 4 aromatic rings. The highest BCUT2D eigenvalue weighted by atomic mass is 19.4. The smallest absolute Gasteiger partial charge is 0.383 e. The standard InChI is InChI=1S/C26H26F3N3O/c1-18-7-9-19(10-8-18)15-22(17-33-2)32-24-6-4-3-5-23(24)31(25(32)30)16-20-11-13-21(14-12-20)26(27,28)29/h3-14,22,30H,15-17H2,1-2H3. The molecule has 0 aliphatic carbocycles. The molecule has 33 heavy (non-hydrogen) atoms. The molecule has 4 rings (SSSR count). The highest BCUT2D eigenvalue weighted by Gasteiger charge is 2.30. The van der Waals surface area contributed by atoms with Crippen LogP contribution in [0.5, 0.6) is 0 Å². The van der Waals surface area contributed by atoms with Crippen LogP contribution in [0.15, 0.2) is 72.8 Å². The number of aromatic nitrogens is 2. The third kappa shape index (κ3) is 4.88. The zero-order valence-electron chi connectivity index (χ0n) is 18.6. The van der Waals surface area contributed by atoms with Crippen LogP contribution < -0.4 is 5.62 Å². The number of nitrogens with one attached hydrogen (secondary N) is 1. The Labute approximate surface area is 190 Å². The number of nitrogens with zero attached hydrogens (tertiary/aromatic N) is 2. The molecule has 4 nitrogen and oxygen atoms in total. The molecular weight excluding hydrogens is 427 g/mol. The number of hydrogen-bond donors (Lipinski definition) is 1. The Hall–Kier alpha value is -3.32. The molecule has 1 unspecified atom stereocenters. The summed E-state index contributed by atoms with van der Waals surface area (Å²) in [5.41, 5.74) is 4.38. The number of para-hydroxylation sites is 2. The Balaban J connectivity index is 1.74. The van der Waals surface area contributed by atoms with Gasteiger partial charge >= 0.3 is 6.18 Å². The fourth-order valence-electron chi connectivity index (χ4n) is 4.18. The van der Waals surface area contributed by atoms with Crippen molar-refractivity contribution in [3.05, 3.63) is 101 Å². The summed E-state index contributed by atoms with van der Waals surface area (Å²) >= 11 is 0. The van der Waals surface area contributed by atoms with Gasteiger partial charge in [-0.2, -0.15) is 13.2 Å². The van der Waals surface area contributed by atoms with Crippen molar-refractivity contribution >= 4 is 11.0 Å². The summed E-state index contributed by atoms with van der Waals surface area (Å²) in [6.45, 7) is 2.77. The van der Waals surface area contributed by atoms with E-state index < -0.39 is 11.7 Å². The zero-order chi connectivity index (χ0) is 23.6. The average molecular weight is 454 g/mol. The molecule has 0 spiro atoms. The van der Waals surface area contributed by atoms with Crippen LogP contribution >= 0.6 is 0 Å². The molecule has 0 saturated carbocycles. The number of alkyl halides is 3. The van der Waals surface area contributed by atoms with Crippen molar-refractivity contribution in [2.24, 2.45) is 0 Å². The van der Waals surface area contributed by atoms with Crippen LogP contribution in [0.1, 0.15) is 28.3 Å². The number of imidazole rings is 1. The fraction of sp³-hybridized carbons (Fsp3) is 0.269. The van der Waals surface area contributed by atoms with Gasteiger partial charge in [-0.15, -0.1) is 0 Å². The number of ether oxygens (including phenoxy) is 1. The lowest BCUT2D eigenvalue weighted by atomic mass is 10.0.